The first-order chi connectivity index (χ1) is 40.3. The smallest absolute Gasteiger partial charge is 0.220 e. The van der Waals surface area contributed by atoms with Gasteiger partial charge in [-0.15, -0.1) is 0 Å². The number of hydrogen-bond donors (Lipinski definition) is 12. The maximum Gasteiger partial charge on any atom is 0.220 e. The second-order valence-electron chi connectivity index (χ2n) is 23.2. The molecule has 0 aliphatic carbocycles. The molecule has 83 heavy (non-hydrogen) atoms. The molecule has 0 aromatic rings. The van der Waals surface area contributed by atoms with E-state index >= 15 is 0 Å². The van der Waals surface area contributed by atoms with Crippen molar-refractivity contribution in [2.75, 3.05) is 26.4 Å². The zero-order valence-electron chi connectivity index (χ0n) is 50.7. The summed E-state index contributed by atoms with van der Waals surface area (Å²) in [5, 5.41) is 120. The van der Waals surface area contributed by atoms with E-state index in [9.17, 15) is 61.0 Å². The summed E-state index contributed by atoms with van der Waals surface area (Å²) in [6.45, 7) is 1.68. The Morgan fingerprint density at radius 3 is 1.20 bits per heavy atom. The molecule has 17 unspecified atom stereocenters. The van der Waals surface area contributed by atoms with Crippen LogP contribution in [0.2, 0.25) is 0 Å². The Labute approximate surface area is 497 Å². The Hall–Kier alpha value is -2.25. The first-order valence-corrected chi connectivity index (χ1v) is 32.4. The Kier molecular flexibility index (Phi) is 42.3. The summed E-state index contributed by atoms with van der Waals surface area (Å²) in [4.78, 5) is 13.3. The highest BCUT2D eigenvalue weighted by atomic mass is 16.8. The predicted octanol–water partition coefficient (Wildman–Crippen LogP) is 7.04. The maximum absolute atomic E-state index is 13.3. The molecular weight excluding hydrogens is 1070 g/mol. The molecule has 0 spiro atoms. The third-order valence-electron chi connectivity index (χ3n) is 16.1. The fourth-order valence-corrected chi connectivity index (χ4v) is 10.7. The van der Waals surface area contributed by atoms with E-state index in [0.717, 1.165) is 64.2 Å². The number of aliphatic hydroxyl groups is 11. The summed E-state index contributed by atoms with van der Waals surface area (Å²) >= 11 is 0. The number of amides is 1. The summed E-state index contributed by atoms with van der Waals surface area (Å²) in [7, 11) is 0. The number of unbranched alkanes of at least 4 members (excludes halogenated alkanes) is 26. The number of rotatable bonds is 48. The van der Waals surface area contributed by atoms with Gasteiger partial charge in [-0.05, 0) is 70.6 Å². The standard InChI is InChI=1S/C64H115NO18/c1-3-5-7-9-11-13-15-17-19-20-21-22-23-24-25-26-27-28-29-31-33-35-37-39-41-48(69)47(65-52(70)42-40-38-36-34-32-30-18-16-14-12-10-8-6-4-2)46-78-62-58(76)55(73)60(50(44-67)80-62)83-64-59(77)56(74)61(51(45-68)81-64)82-63-57(75)54(72)53(71)49(43-66)79-63/h16,18,26-27,31,33,39,41,47-51,53-64,66-69,71-77H,3-15,17,19-25,28-30,32,34-38,40,42-46H2,1-2H3,(H,65,70)/b18-16-,27-26+,33-31+,41-39+. The lowest BCUT2D eigenvalue weighted by atomic mass is 9.96. The van der Waals surface area contributed by atoms with E-state index < -0.39 is 124 Å². The highest BCUT2D eigenvalue weighted by molar-refractivity contribution is 5.76. The zero-order chi connectivity index (χ0) is 60.5. The Morgan fingerprint density at radius 1 is 0.422 bits per heavy atom. The first-order valence-electron chi connectivity index (χ1n) is 32.4. The number of ether oxygens (including phenoxy) is 6. The Bertz CT molecular complexity index is 1700. The van der Waals surface area contributed by atoms with Gasteiger partial charge in [0.05, 0.1) is 38.6 Å². The molecule has 12 N–H and O–H groups in total. The highest BCUT2D eigenvalue weighted by Crippen LogP contribution is 2.33. The first kappa shape index (κ1) is 75.0. The van der Waals surface area contributed by atoms with Gasteiger partial charge in [0.2, 0.25) is 5.91 Å². The van der Waals surface area contributed by atoms with Crippen LogP contribution >= 0.6 is 0 Å². The lowest BCUT2D eigenvalue weighted by molar-refractivity contribution is -0.379. The molecule has 0 aromatic heterocycles. The van der Waals surface area contributed by atoms with Gasteiger partial charge in [-0.25, -0.2) is 0 Å². The van der Waals surface area contributed by atoms with Crippen molar-refractivity contribution in [1.82, 2.24) is 5.32 Å². The molecule has 484 valence electrons. The van der Waals surface area contributed by atoms with Gasteiger partial charge in [-0.3, -0.25) is 4.79 Å². The fourth-order valence-electron chi connectivity index (χ4n) is 10.7. The monoisotopic (exact) mass is 1190 g/mol. The average molecular weight is 1190 g/mol. The van der Waals surface area contributed by atoms with Gasteiger partial charge in [0, 0.05) is 6.42 Å². The predicted molar refractivity (Wildman–Crippen MR) is 319 cm³/mol. The van der Waals surface area contributed by atoms with Crippen LogP contribution in [0.5, 0.6) is 0 Å². The van der Waals surface area contributed by atoms with Gasteiger partial charge < -0.3 is 89.9 Å². The lowest BCUT2D eigenvalue weighted by Gasteiger charge is -2.48. The van der Waals surface area contributed by atoms with Crippen LogP contribution in [0.25, 0.3) is 0 Å². The van der Waals surface area contributed by atoms with E-state index in [1.54, 1.807) is 6.08 Å². The molecule has 17 atom stereocenters. The van der Waals surface area contributed by atoms with Crippen molar-refractivity contribution < 1.29 is 89.4 Å². The molecule has 19 nitrogen and oxygen atoms in total. The summed E-state index contributed by atoms with van der Waals surface area (Å²) in [5.74, 6) is -0.299. The number of hydrogen-bond acceptors (Lipinski definition) is 18. The third kappa shape index (κ3) is 30.0. The van der Waals surface area contributed by atoms with Crippen LogP contribution in [0.3, 0.4) is 0 Å². The third-order valence-corrected chi connectivity index (χ3v) is 16.1. The summed E-state index contributed by atoms with van der Waals surface area (Å²) in [6, 6.07) is -1.00. The van der Waals surface area contributed by atoms with Crippen molar-refractivity contribution in [2.45, 2.75) is 324 Å². The molecule has 3 aliphatic heterocycles. The summed E-state index contributed by atoms with van der Waals surface area (Å²) in [6.07, 6.45) is 26.7. The second-order valence-corrected chi connectivity index (χ2v) is 23.2. The van der Waals surface area contributed by atoms with E-state index in [-0.39, 0.29) is 18.9 Å². The van der Waals surface area contributed by atoms with E-state index in [2.05, 4.69) is 55.6 Å². The van der Waals surface area contributed by atoms with Crippen LogP contribution in [0.15, 0.2) is 48.6 Å². The number of carbonyl (C=O) groups excluding carboxylic acids is 1. The maximum atomic E-state index is 13.3. The minimum atomic E-state index is -1.98. The lowest BCUT2D eigenvalue weighted by Crippen LogP contribution is -2.66. The Morgan fingerprint density at radius 2 is 0.771 bits per heavy atom. The molecular formula is C64H115NO18. The average Bonchev–Trinajstić information content (AvgIpc) is 3.19. The number of carbonyl (C=O) groups is 1. The van der Waals surface area contributed by atoms with Crippen LogP contribution in [-0.2, 0) is 33.2 Å². The topological polar surface area (TPSA) is 307 Å². The van der Waals surface area contributed by atoms with Crippen molar-refractivity contribution in [3.8, 4) is 0 Å². The summed E-state index contributed by atoms with van der Waals surface area (Å²) in [5.41, 5.74) is 0. The van der Waals surface area contributed by atoms with Crippen LogP contribution in [-0.4, -0.2) is 193 Å². The molecule has 0 aromatic carbocycles. The minimum absolute atomic E-state index is 0.221. The van der Waals surface area contributed by atoms with Crippen molar-refractivity contribution in [1.29, 1.82) is 0 Å². The second kappa shape index (κ2) is 46.8. The van der Waals surface area contributed by atoms with Crippen molar-refractivity contribution in [2.24, 2.45) is 0 Å². The molecule has 3 rings (SSSR count). The van der Waals surface area contributed by atoms with E-state index in [1.807, 2.05) is 6.08 Å². The van der Waals surface area contributed by atoms with E-state index in [4.69, 9.17) is 28.4 Å². The van der Waals surface area contributed by atoms with Gasteiger partial charge in [-0.2, -0.15) is 0 Å². The van der Waals surface area contributed by atoms with Gasteiger partial charge >= 0.3 is 0 Å². The molecule has 0 radical (unpaired) electrons. The van der Waals surface area contributed by atoms with Gasteiger partial charge in [-0.1, -0.05) is 191 Å². The molecule has 19 heteroatoms. The number of allylic oxidation sites excluding steroid dienone is 7. The number of aliphatic hydroxyl groups excluding tert-OH is 11. The van der Waals surface area contributed by atoms with Crippen LogP contribution < -0.4 is 5.32 Å². The van der Waals surface area contributed by atoms with Crippen molar-refractivity contribution in [3.05, 3.63) is 48.6 Å². The molecule has 3 aliphatic rings. The minimum Gasteiger partial charge on any atom is -0.394 e. The highest BCUT2D eigenvalue weighted by Gasteiger charge is 2.53. The molecule has 3 saturated heterocycles. The van der Waals surface area contributed by atoms with Crippen molar-refractivity contribution >= 4 is 5.91 Å². The van der Waals surface area contributed by atoms with E-state index in [0.29, 0.717) is 12.8 Å². The summed E-state index contributed by atoms with van der Waals surface area (Å²) < 4.78 is 34.2. The van der Waals surface area contributed by atoms with Crippen LogP contribution in [0, 0.1) is 0 Å². The normalized spacial score (nSPS) is 29.7. The molecule has 3 fully saturated rings. The van der Waals surface area contributed by atoms with Crippen molar-refractivity contribution in [3.63, 3.8) is 0 Å². The van der Waals surface area contributed by atoms with Gasteiger partial charge in [0.1, 0.15) is 73.2 Å². The molecule has 0 bridgehead atoms. The zero-order valence-corrected chi connectivity index (χ0v) is 50.7. The molecule has 3 heterocycles. The Balaban J connectivity index is 1.49. The van der Waals surface area contributed by atoms with Crippen LogP contribution in [0.1, 0.15) is 219 Å². The number of nitrogens with one attached hydrogen (secondary N) is 1. The van der Waals surface area contributed by atoms with Gasteiger partial charge in [0.25, 0.3) is 0 Å². The molecule has 1 amide bonds. The van der Waals surface area contributed by atoms with Crippen LogP contribution in [0.4, 0.5) is 0 Å². The quantitative estimate of drug-likeness (QED) is 0.0215. The largest absolute Gasteiger partial charge is 0.394 e. The molecule has 0 saturated carbocycles. The van der Waals surface area contributed by atoms with Gasteiger partial charge in [0.15, 0.2) is 18.9 Å². The SMILES string of the molecule is CCCCCCC/C=C\CCCCCCCC(=O)NC(COC1OC(CO)C(OC2OC(CO)C(OC3OC(CO)C(O)C(O)C3O)C(O)C2O)C(O)C1O)C(O)/C=C/CC/C=C/CC/C=C/CCCCCCCCCCCCCCCC. The fraction of sp³-hybridized carbons (Fsp3) is 0.859. The van der Waals surface area contributed by atoms with E-state index in [1.165, 1.54) is 122 Å².